The molecule has 0 saturated carbocycles. The van der Waals surface area contributed by atoms with Gasteiger partial charge in [0, 0.05) is 28.7 Å². The standard InChI is InChI=1S/C26H19ClN4O/c27-21-8-4-9-22(16-21)28-26(32)30-23-10-5-15-31-17-24(29-25(23)31)20-13-11-19(12-14-20)18-6-2-1-3-7-18/h1-17H,(H2,28,30,32). The summed E-state index contributed by atoms with van der Waals surface area (Å²) in [5, 5.41) is 6.21. The van der Waals surface area contributed by atoms with Crippen LogP contribution in [0.1, 0.15) is 0 Å². The van der Waals surface area contributed by atoms with Crippen LogP contribution < -0.4 is 10.6 Å². The molecular weight excluding hydrogens is 420 g/mol. The van der Waals surface area contributed by atoms with E-state index >= 15 is 0 Å². The third-order valence-electron chi connectivity index (χ3n) is 5.10. The van der Waals surface area contributed by atoms with Crippen LogP contribution in [0.15, 0.2) is 103 Å². The highest BCUT2D eigenvalue weighted by atomic mass is 35.5. The molecule has 3 aromatic carbocycles. The number of pyridine rings is 1. The van der Waals surface area contributed by atoms with Crippen molar-refractivity contribution in [3.8, 4) is 22.4 Å². The molecule has 0 aliphatic heterocycles. The highest BCUT2D eigenvalue weighted by Gasteiger charge is 2.11. The Kier molecular flexibility index (Phi) is 5.32. The Morgan fingerprint density at radius 3 is 2.31 bits per heavy atom. The lowest BCUT2D eigenvalue weighted by atomic mass is 10.0. The summed E-state index contributed by atoms with van der Waals surface area (Å²) in [6, 6.07) is 28.9. The molecule has 5 aromatic rings. The minimum atomic E-state index is -0.364. The number of benzene rings is 3. The molecule has 2 aromatic heterocycles. The Bertz CT molecular complexity index is 1390. The quantitative estimate of drug-likeness (QED) is 0.318. The van der Waals surface area contributed by atoms with Gasteiger partial charge in [-0.3, -0.25) is 0 Å². The van der Waals surface area contributed by atoms with Gasteiger partial charge in [-0.2, -0.15) is 0 Å². The van der Waals surface area contributed by atoms with Crippen molar-refractivity contribution >= 4 is 34.7 Å². The maximum absolute atomic E-state index is 12.5. The predicted molar refractivity (Wildman–Crippen MR) is 130 cm³/mol. The van der Waals surface area contributed by atoms with Gasteiger partial charge in [0.25, 0.3) is 0 Å². The highest BCUT2D eigenvalue weighted by molar-refractivity contribution is 6.30. The lowest BCUT2D eigenvalue weighted by Crippen LogP contribution is -2.19. The maximum Gasteiger partial charge on any atom is 0.323 e. The molecule has 0 atom stereocenters. The lowest BCUT2D eigenvalue weighted by Gasteiger charge is -2.08. The summed E-state index contributed by atoms with van der Waals surface area (Å²) in [4.78, 5) is 17.2. The van der Waals surface area contributed by atoms with Crippen LogP contribution in [-0.2, 0) is 0 Å². The number of carbonyl (C=O) groups is 1. The molecule has 2 amide bonds. The van der Waals surface area contributed by atoms with E-state index in [1.165, 1.54) is 5.56 Å². The molecule has 0 bridgehead atoms. The number of rotatable bonds is 4. The van der Waals surface area contributed by atoms with E-state index in [9.17, 15) is 4.79 Å². The average Bonchev–Trinajstić information content (AvgIpc) is 3.25. The van der Waals surface area contributed by atoms with Crippen molar-refractivity contribution in [2.75, 3.05) is 10.6 Å². The van der Waals surface area contributed by atoms with E-state index in [1.54, 1.807) is 24.3 Å². The number of urea groups is 1. The molecule has 2 heterocycles. The van der Waals surface area contributed by atoms with Gasteiger partial charge in [0.05, 0.1) is 11.4 Å². The molecule has 5 rings (SSSR count). The minimum absolute atomic E-state index is 0.364. The van der Waals surface area contributed by atoms with Crippen LogP contribution in [0.25, 0.3) is 28.0 Å². The lowest BCUT2D eigenvalue weighted by molar-refractivity contribution is 0.262. The Morgan fingerprint density at radius 2 is 1.53 bits per heavy atom. The second kappa shape index (κ2) is 8.57. The van der Waals surface area contributed by atoms with Crippen molar-refractivity contribution in [3.05, 3.63) is 108 Å². The number of amides is 2. The number of halogens is 1. The third-order valence-corrected chi connectivity index (χ3v) is 5.34. The van der Waals surface area contributed by atoms with E-state index in [-0.39, 0.29) is 6.03 Å². The van der Waals surface area contributed by atoms with Crippen molar-refractivity contribution < 1.29 is 4.79 Å². The van der Waals surface area contributed by atoms with Crippen molar-refractivity contribution in [2.45, 2.75) is 0 Å². The molecule has 2 N–H and O–H groups in total. The Hall–Kier alpha value is -4.09. The normalized spacial score (nSPS) is 10.8. The van der Waals surface area contributed by atoms with Gasteiger partial charge in [-0.25, -0.2) is 9.78 Å². The number of imidazole rings is 1. The minimum Gasteiger partial charge on any atom is -0.308 e. The highest BCUT2D eigenvalue weighted by Crippen LogP contribution is 2.26. The first-order valence-corrected chi connectivity index (χ1v) is 10.5. The van der Waals surface area contributed by atoms with Gasteiger partial charge in [0.15, 0.2) is 5.65 Å². The summed E-state index contributed by atoms with van der Waals surface area (Å²) in [5.41, 5.74) is 6.04. The van der Waals surface area contributed by atoms with Crippen molar-refractivity contribution in [1.82, 2.24) is 9.38 Å². The molecule has 0 aliphatic carbocycles. The van der Waals surface area contributed by atoms with Gasteiger partial charge in [0.1, 0.15) is 0 Å². The van der Waals surface area contributed by atoms with Gasteiger partial charge in [0.2, 0.25) is 0 Å². The first-order chi connectivity index (χ1) is 15.7. The number of hydrogen-bond acceptors (Lipinski definition) is 2. The number of carbonyl (C=O) groups excluding carboxylic acids is 1. The average molecular weight is 439 g/mol. The molecule has 0 fully saturated rings. The zero-order valence-electron chi connectivity index (χ0n) is 17.0. The zero-order valence-corrected chi connectivity index (χ0v) is 17.8. The number of aromatic nitrogens is 2. The van der Waals surface area contributed by atoms with Crippen molar-refractivity contribution in [1.29, 1.82) is 0 Å². The van der Waals surface area contributed by atoms with Gasteiger partial charge in [-0.15, -0.1) is 0 Å². The van der Waals surface area contributed by atoms with E-state index < -0.39 is 0 Å². The Morgan fingerprint density at radius 1 is 0.781 bits per heavy atom. The molecule has 0 spiro atoms. The van der Waals surface area contributed by atoms with E-state index in [1.807, 2.05) is 47.1 Å². The predicted octanol–water partition coefficient (Wildman–Crippen LogP) is 6.97. The summed E-state index contributed by atoms with van der Waals surface area (Å²) in [6.07, 6.45) is 3.86. The first-order valence-electron chi connectivity index (χ1n) is 10.1. The van der Waals surface area contributed by atoms with Crippen LogP contribution in [0.2, 0.25) is 5.02 Å². The molecule has 0 saturated heterocycles. The van der Waals surface area contributed by atoms with Crippen LogP contribution >= 0.6 is 11.6 Å². The van der Waals surface area contributed by atoms with Crippen LogP contribution in [0.3, 0.4) is 0 Å². The second-order valence-electron chi connectivity index (χ2n) is 7.31. The van der Waals surface area contributed by atoms with Crippen LogP contribution in [-0.4, -0.2) is 15.4 Å². The summed E-state index contributed by atoms with van der Waals surface area (Å²) in [7, 11) is 0. The van der Waals surface area contributed by atoms with Crippen LogP contribution in [0, 0.1) is 0 Å². The largest absolute Gasteiger partial charge is 0.323 e. The fourth-order valence-corrected chi connectivity index (χ4v) is 3.75. The smallest absolute Gasteiger partial charge is 0.308 e. The Balaban J connectivity index is 1.39. The monoisotopic (exact) mass is 438 g/mol. The summed E-state index contributed by atoms with van der Waals surface area (Å²) < 4.78 is 1.90. The van der Waals surface area contributed by atoms with E-state index in [0.29, 0.717) is 22.0 Å². The van der Waals surface area contributed by atoms with Crippen LogP contribution in [0.4, 0.5) is 16.2 Å². The fourth-order valence-electron chi connectivity index (χ4n) is 3.56. The van der Waals surface area contributed by atoms with Gasteiger partial charge < -0.3 is 15.0 Å². The maximum atomic E-state index is 12.5. The number of hydrogen-bond donors (Lipinski definition) is 2. The van der Waals surface area contributed by atoms with Crippen LogP contribution in [0.5, 0.6) is 0 Å². The number of anilines is 2. The van der Waals surface area contributed by atoms with Gasteiger partial charge in [-0.1, -0.05) is 72.3 Å². The summed E-state index contributed by atoms with van der Waals surface area (Å²) in [6.45, 7) is 0. The number of fused-ring (bicyclic) bond motifs is 1. The van der Waals surface area contributed by atoms with E-state index in [4.69, 9.17) is 16.6 Å². The summed E-state index contributed by atoms with van der Waals surface area (Å²) >= 11 is 5.99. The molecular formula is C26H19ClN4O. The molecule has 6 heteroatoms. The topological polar surface area (TPSA) is 58.4 Å². The van der Waals surface area contributed by atoms with E-state index in [0.717, 1.165) is 16.8 Å². The second-order valence-corrected chi connectivity index (χ2v) is 7.75. The summed E-state index contributed by atoms with van der Waals surface area (Å²) in [5.74, 6) is 0. The number of nitrogens with zero attached hydrogens (tertiary/aromatic N) is 2. The molecule has 0 radical (unpaired) electrons. The third kappa shape index (κ3) is 4.19. The van der Waals surface area contributed by atoms with Crippen molar-refractivity contribution in [3.63, 3.8) is 0 Å². The first kappa shape index (κ1) is 19.8. The molecule has 156 valence electrons. The van der Waals surface area contributed by atoms with Gasteiger partial charge >= 0.3 is 6.03 Å². The fraction of sp³-hybridized carbons (Fsp3) is 0. The Labute approximate surface area is 190 Å². The molecule has 32 heavy (non-hydrogen) atoms. The van der Waals surface area contributed by atoms with E-state index in [2.05, 4.69) is 47.0 Å². The van der Waals surface area contributed by atoms with Crippen molar-refractivity contribution in [2.24, 2.45) is 0 Å². The molecule has 0 unspecified atom stereocenters. The molecule has 5 nitrogen and oxygen atoms in total. The zero-order chi connectivity index (χ0) is 21.9. The molecule has 0 aliphatic rings. The SMILES string of the molecule is O=C(Nc1cccc(Cl)c1)Nc1cccn2cc(-c3ccc(-c4ccccc4)cc3)nc12. The number of nitrogens with one attached hydrogen (secondary N) is 2. The van der Waals surface area contributed by atoms with Gasteiger partial charge in [-0.05, 0) is 41.5 Å².